The van der Waals surface area contributed by atoms with Gasteiger partial charge in [-0.1, -0.05) is 11.6 Å². The molecule has 4 N–H and O–H groups in total. The van der Waals surface area contributed by atoms with Gasteiger partial charge in [-0.2, -0.15) is 4.98 Å². The third-order valence-electron chi connectivity index (χ3n) is 1.94. The molecule has 0 aliphatic rings. The van der Waals surface area contributed by atoms with Crippen molar-refractivity contribution >= 4 is 40.6 Å². The molecule has 0 fully saturated rings. The van der Waals surface area contributed by atoms with Gasteiger partial charge in [0.05, 0.1) is 11.6 Å². The normalized spacial score (nSPS) is 10.5. The average Bonchev–Trinajstić information content (AvgIpc) is 2.59. The van der Waals surface area contributed by atoms with E-state index in [1.54, 1.807) is 6.92 Å². The number of anilines is 2. The highest BCUT2D eigenvalue weighted by molar-refractivity contribution is 6.35. The second kappa shape index (κ2) is 4.46. The van der Waals surface area contributed by atoms with Crippen LogP contribution in [0.5, 0.6) is 0 Å². The standard InChI is InChI=1S/C9H10ClN5O2/c1-2-17-9(16)13-5-3-4(10)6-7(12-5)15-8(11)14-6/h3H,2H2,1H3,(H4,11,12,13,14,15,16). The highest BCUT2D eigenvalue weighted by atomic mass is 35.5. The number of H-pyrrole nitrogens is 1. The van der Waals surface area contributed by atoms with Crippen molar-refractivity contribution < 1.29 is 9.53 Å². The number of amides is 1. The maximum absolute atomic E-state index is 11.2. The number of pyridine rings is 1. The van der Waals surface area contributed by atoms with Gasteiger partial charge in [0, 0.05) is 6.07 Å². The number of hydrogen-bond donors (Lipinski definition) is 3. The number of nitrogens with two attached hydrogens (primary N) is 1. The first-order chi connectivity index (χ1) is 8.10. The lowest BCUT2D eigenvalue weighted by atomic mass is 10.4. The van der Waals surface area contributed by atoms with Crippen LogP contribution in [-0.2, 0) is 4.74 Å². The molecule has 0 aliphatic carbocycles. The number of carbonyl (C=O) groups is 1. The molecule has 0 radical (unpaired) electrons. The Bertz CT molecular complexity index is 568. The van der Waals surface area contributed by atoms with E-state index in [0.29, 0.717) is 16.2 Å². The number of fused-ring (bicyclic) bond motifs is 1. The monoisotopic (exact) mass is 255 g/mol. The summed E-state index contributed by atoms with van der Waals surface area (Å²) in [4.78, 5) is 21.9. The molecule has 2 aromatic rings. The fourth-order valence-corrected chi connectivity index (χ4v) is 1.54. The van der Waals surface area contributed by atoms with E-state index < -0.39 is 6.09 Å². The predicted octanol–water partition coefficient (Wildman–Crippen LogP) is 1.76. The summed E-state index contributed by atoms with van der Waals surface area (Å²) >= 11 is 5.98. The topological polar surface area (TPSA) is 106 Å². The number of aromatic nitrogens is 3. The van der Waals surface area contributed by atoms with Gasteiger partial charge in [0.1, 0.15) is 11.3 Å². The molecule has 2 aromatic heterocycles. The van der Waals surface area contributed by atoms with E-state index in [1.807, 2.05) is 0 Å². The molecule has 0 aromatic carbocycles. The lowest BCUT2D eigenvalue weighted by Gasteiger charge is -2.04. The van der Waals surface area contributed by atoms with Crippen molar-refractivity contribution in [3.8, 4) is 0 Å². The molecule has 0 atom stereocenters. The van der Waals surface area contributed by atoms with Crippen molar-refractivity contribution in [2.24, 2.45) is 0 Å². The lowest BCUT2D eigenvalue weighted by molar-refractivity contribution is 0.168. The maximum atomic E-state index is 11.2. The maximum Gasteiger partial charge on any atom is 0.412 e. The minimum absolute atomic E-state index is 0.211. The Morgan fingerprint density at radius 3 is 3.12 bits per heavy atom. The Hall–Kier alpha value is -2.02. The van der Waals surface area contributed by atoms with Gasteiger partial charge in [0.2, 0.25) is 0 Å². The van der Waals surface area contributed by atoms with Crippen LogP contribution in [0.3, 0.4) is 0 Å². The van der Waals surface area contributed by atoms with Crippen LogP contribution in [0.2, 0.25) is 5.02 Å². The molecule has 0 aliphatic heterocycles. The summed E-state index contributed by atoms with van der Waals surface area (Å²) in [5.74, 6) is 0.468. The summed E-state index contributed by atoms with van der Waals surface area (Å²) in [6.07, 6.45) is -0.598. The van der Waals surface area contributed by atoms with Crippen LogP contribution in [-0.4, -0.2) is 27.7 Å². The molecule has 0 saturated carbocycles. The van der Waals surface area contributed by atoms with E-state index in [0.717, 1.165) is 0 Å². The summed E-state index contributed by atoms with van der Waals surface area (Å²) in [5.41, 5.74) is 6.34. The third-order valence-corrected chi connectivity index (χ3v) is 2.24. The van der Waals surface area contributed by atoms with Gasteiger partial charge in [-0.25, -0.2) is 9.78 Å². The SMILES string of the molecule is CCOC(=O)Nc1cc(Cl)c2[nH]c(N)nc2n1. The number of aromatic amines is 1. The van der Waals surface area contributed by atoms with Crippen molar-refractivity contribution in [2.45, 2.75) is 6.92 Å². The number of hydrogen-bond acceptors (Lipinski definition) is 5. The van der Waals surface area contributed by atoms with Gasteiger partial charge in [0.15, 0.2) is 11.6 Å². The molecule has 7 nitrogen and oxygen atoms in total. The van der Waals surface area contributed by atoms with Crippen LogP contribution in [0.25, 0.3) is 11.2 Å². The number of ether oxygens (including phenoxy) is 1. The highest BCUT2D eigenvalue weighted by Crippen LogP contribution is 2.23. The fraction of sp³-hybridized carbons (Fsp3) is 0.222. The van der Waals surface area contributed by atoms with Crippen LogP contribution < -0.4 is 11.1 Å². The summed E-state index contributed by atoms with van der Waals surface area (Å²) in [6.45, 7) is 1.98. The van der Waals surface area contributed by atoms with E-state index in [9.17, 15) is 4.79 Å². The zero-order valence-electron chi connectivity index (χ0n) is 8.95. The number of carbonyl (C=O) groups excluding carboxylic acids is 1. The lowest BCUT2D eigenvalue weighted by Crippen LogP contribution is -2.14. The Labute approximate surface area is 101 Å². The summed E-state index contributed by atoms with van der Waals surface area (Å²) in [5, 5.41) is 2.80. The Morgan fingerprint density at radius 1 is 1.65 bits per heavy atom. The molecule has 17 heavy (non-hydrogen) atoms. The molecule has 0 saturated heterocycles. The van der Waals surface area contributed by atoms with Crippen molar-refractivity contribution in [1.82, 2.24) is 15.0 Å². The average molecular weight is 256 g/mol. The van der Waals surface area contributed by atoms with E-state index in [1.165, 1.54) is 6.07 Å². The number of nitrogens with zero attached hydrogens (tertiary/aromatic N) is 2. The van der Waals surface area contributed by atoms with E-state index in [4.69, 9.17) is 22.1 Å². The van der Waals surface area contributed by atoms with Crippen LogP contribution in [0.1, 0.15) is 6.92 Å². The molecular formula is C9H10ClN5O2. The second-order valence-corrected chi connectivity index (χ2v) is 3.56. The number of nitrogen functional groups attached to an aromatic ring is 1. The van der Waals surface area contributed by atoms with Crippen LogP contribution in [0, 0.1) is 0 Å². The highest BCUT2D eigenvalue weighted by Gasteiger charge is 2.10. The summed E-state index contributed by atoms with van der Waals surface area (Å²) in [6, 6.07) is 1.48. The molecule has 90 valence electrons. The van der Waals surface area contributed by atoms with Gasteiger partial charge >= 0.3 is 6.09 Å². The van der Waals surface area contributed by atoms with Crippen LogP contribution >= 0.6 is 11.6 Å². The van der Waals surface area contributed by atoms with Crippen LogP contribution in [0.15, 0.2) is 6.07 Å². The number of nitrogens with one attached hydrogen (secondary N) is 2. The summed E-state index contributed by atoms with van der Waals surface area (Å²) in [7, 11) is 0. The number of rotatable bonds is 2. The molecule has 0 spiro atoms. The van der Waals surface area contributed by atoms with Crippen molar-refractivity contribution in [3.05, 3.63) is 11.1 Å². The molecule has 2 rings (SSSR count). The molecule has 8 heteroatoms. The molecule has 0 unspecified atom stereocenters. The zero-order chi connectivity index (χ0) is 12.4. The van der Waals surface area contributed by atoms with Gasteiger partial charge < -0.3 is 15.5 Å². The van der Waals surface area contributed by atoms with Gasteiger partial charge in [-0.15, -0.1) is 0 Å². The van der Waals surface area contributed by atoms with E-state index in [-0.39, 0.29) is 18.4 Å². The molecular weight excluding hydrogens is 246 g/mol. The third kappa shape index (κ3) is 2.39. The first-order valence-electron chi connectivity index (χ1n) is 4.85. The zero-order valence-corrected chi connectivity index (χ0v) is 9.71. The Balaban J connectivity index is 2.33. The number of halogens is 1. The van der Waals surface area contributed by atoms with Gasteiger partial charge in [-0.05, 0) is 6.92 Å². The van der Waals surface area contributed by atoms with Crippen molar-refractivity contribution in [1.29, 1.82) is 0 Å². The smallest absolute Gasteiger partial charge is 0.412 e. The van der Waals surface area contributed by atoms with E-state index in [2.05, 4.69) is 20.3 Å². The van der Waals surface area contributed by atoms with Crippen molar-refractivity contribution in [3.63, 3.8) is 0 Å². The Kier molecular flexibility index (Phi) is 3.01. The minimum atomic E-state index is -0.598. The van der Waals surface area contributed by atoms with Crippen molar-refractivity contribution in [2.75, 3.05) is 17.7 Å². The first-order valence-corrected chi connectivity index (χ1v) is 5.23. The van der Waals surface area contributed by atoms with Crippen LogP contribution in [0.4, 0.5) is 16.6 Å². The fourth-order valence-electron chi connectivity index (χ4n) is 1.30. The minimum Gasteiger partial charge on any atom is -0.450 e. The van der Waals surface area contributed by atoms with E-state index >= 15 is 0 Å². The largest absolute Gasteiger partial charge is 0.450 e. The molecule has 1 amide bonds. The second-order valence-electron chi connectivity index (χ2n) is 3.16. The van der Waals surface area contributed by atoms with Gasteiger partial charge in [-0.3, -0.25) is 5.32 Å². The predicted molar refractivity (Wildman–Crippen MR) is 64.0 cm³/mol. The first kappa shape index (κ1) is 11.5. The Morgan fingerprint density at radius 2 is 2.41 bits per heavy atom. The van der Waals surface area contributed by atoms with Gasteiger partial charge in [0.25, 0.3) is 0 Å². The molecule has 0 bridgehead atoms. The quantitative estimate of drug-likeness (QED) is 0.758. The summed E-state index contributed by atoms with van der Waals surface area (Å²) < 4.78 is 4.72. The number of imidazole rings is 1. The molecule has 2 heterocycles.